The maximum atomic E-state index is 15.1. The molecule has 2 aliphatic rings. The van der Waals surface area contributed by atoms with Crippen LogP contribution in [0.4, 0.5) is 28.9 Å². The lowest BCUT2D eigenvalue weighted by Crippen LogP contribution is -2.50. The second-order valence-electron chi connectivity index (χ2n) is 9.84. The van der Waals surface area contributed by atoms with Crippen LogP contribution in [0.25, 0.3) is 10.9 Å². The number of aromatic nitrogens is 1. The molecule has 10 heteroatoms. The van der Waals surface area contributed by atoms with Crippen molar-refractivity contribution in [3.63, 3.8) is 0 Å². The van der Waals surface area contributed by atoms with E-state index in [-0.39, 0.29) is 17.3 Å². The lowest BCUT2D eigenvalue weighted by Gasteiger charge is -2.43. The van der Waals surface area contributed by atoms with Crippen molar-refractivity contribution in [1.29, 1.82) is 0 Å². The minimum absolute atomic E-state index is 0.00365. The van der Waals surface area contributed by atoms with Gasteiger partial charge in [0.15, 0.2) is 0 Å². The van der Waals surface area contributed by atoms with Crippen molar-refractivity contribution in [3.05, 3.63) is 94.9 Å². The van der Waals surface area contributed by atoms with Gasteiger partial charge >= 0.3 is 12.1 Å². The van der Waals surface area contributed by atoms with Crippen LogP contribution < -0.4 is 4.90 Å². The second kappa shape index (κ2) is 9.14. The van der Waals surface area contributed by atoms with Gasteiger partial charge in [0.1, 0.15) is 11.5 Å². The molecule has 6 nitrogen and oxygen atoms in total. The number of aliphatic imine (C=N–C) groups is 1. The molecule has 1 atom stereocenters. The molecular weight excluding hydrogens is 512 g/mol. The summed E-state index contributed by atoms with van der Waals surface area (Å²) in [5, 5.41) is 10.9. The fraction of sp³-hybridized carbons (Fsp3) is 0.241. The van der Waals surface area contributed by atoms with Gasteiger partial charge in [-0.05, 0) is 48.9 Å². The van der Waals surface area contributed by atoms with Crippen molar-refractivity contribution in [2.24, 2.45) is 4.99 Å². The molecule has 3 heterocycles. The Hall–Kier alpha value is -4.34. The minimum atomic E-state index is -4.60. The highest BCUT2D eigenvalue weighted by molar-refractivity contribution is 6.01. The Morgan fingerprint density at radius 2 is 1.82 bits per heavy atom. The van der Waals surface area contributed by atoms with E-state index in [4.69, 9.17) is 0 Å². The van der Waals surface area contributed by atoms with Gasteiger partial charge in [0, 0.05) is 40.9 Å². The predicted octanol–water partition coefficient (Wildman–Crippen LogP) is 6.65. The molecule has 0 saturated heterocycles. The smallest absolute Gasteiger partial charge is 0.416 e. The standard InChI is InChI=1S/C29H24F4N4O2/c1-17-5-2-10-24-22(17)14-20-16-35(11-12-36(20)24)28-34-27-21(8-4-9-23(27)30)25(15-26(38)39)37(28)19-7-3-6-18(13-19)29(31,32)33/h2-10,13-14,25H,11-12,15-16H2,1H3,(H,38,39). The third kappa shape index (κ3) is 4.29. The van der Waals surface area contributed by atoms with Crippen molar-refractivity contribution < 1.29 is 27.5 Å². The number of nitrogens with zero attached hydrogens (tertiary/aromatic N) is 4. The topological polar surface area (TPSA) is 61.1 Å². The molecule has 0 saturated carbocycles. The molecule has 1 aromatic heterocycles. The van der Waals surface area contributed by atoms with Crippen LogP contribution in [0.3, 0.4) is 0 Å². The predicted molar refractivity (Wildman–Crippen MR) is 139 cm³/mol. The largest absolute Gasteiger partial charge is 0.481 e. The maximum Gasteiger partial charge on any atom is 0.416 e. The quantitative estimate of drug-likeness (QED) is 0.298. The molecule has 3 aromatic carbocycles. The summed E-state index contributed by atoms with van der Waals surface area (Å²) in [6, 6.07) is 16.2. The summed E-state index contributed by atoms with van der Waals surface area (Å²) in [5.74, 6) is -1.57. The van der Waals surface area contributed by atoms with E-state index < -0.39 is 36.0 Å². The van der Waals surface area contributed by atoms with E-state index in [9.17, 15) is 23.1 Å². The number of aliphatic carboxylic acids is 1. The van der Waals surface area contributed by atoms with Gasteiger partial charge in [0.25, 0.3) is 0 Å². The Morgan fingerprint density at radius 1 is 1.05 bits per heavy atom. The number of para-hydroxylation sites is 1. The molecular formula is C29H24F4N4O2. The van der Waals surface area contributed by atoms with E-state index in [1.807, 2.05) is 30.0 Å². The Labute approximate surface area is 221 Å². The number of guanidine groups is 1. The van der Waals surface area contributed by atoms with Gasteiger partial charge in [0.05, 0.1) is 24.6 Å². The molecule has 200 valence electrons. The molecule has 39 heavy (non-hydrogen) atoms. The summed E-state index contributed by atoms with van der Waals surface area (Å²) in [7, 11) is 0. The number of hydrogen-bond donors (Lipinski definition) is 1. The first-order valence-electron chi connectivity index (χ1n) is 12.5. The van der Waals surface area contributed by atoms with Gasteiger partial charge in [-0.3, -0.25) is 4.79 Å². The summed E-state index contributed by atoms with van der Waals surface area (Å²) < 4.78 is 58.3. The minimum Gasteiger partial charge on any atom is -0.481 e. The number of alkyl halides is 3. The molecule has 1 unspecified atom stereocenters. The molecule has 0 radical (unpaired) electrons. The van der Waals surface area contributed by atoms with Crippen molar-refractivity contribution in [2.75, 3.05) is 11.4 Å². The van der Waals surface area contributed by atoms with Crippen LogP contribution >= 0.6 is 0 Å². The monoisotopic (exact) mass is 536 g/mol. The summed E-state index contributed by atoms with van der Waals surface area (Å²) in [4.78, 5) is 20.0. The van der Waals surface area contributed by atoms with Crippen molar-refractivity contribution in [1.82, 2.24) is 9.47 Å². The molecule has 4 aromatic rings. The van der Waals surface area contributed by atoms with E-state index >= 15 is 4.39 Å². The molecule has 0 fully saturated rings. The average Bonchev–Trinajstić information content (AvgIpc) is 3.27. The van der Waals surface area contributed by atoms with Crippen LogP contribution in [0.2, 0.25) is 0 Å². The molecule has 2 aliphatic heterocycles. The number of anilines is 1. The Balaban J connectivity index is 1.51. The fourth-order valence-corrected chi connectivity index (χ4v) is 5.62. The zero-order valence-electron chi connectivity index (χ0n) is 20.9. The summed E-state index contributed by atoms with van der Waals surface area (Å²) in [6.45, 7) is 3.42. The summed E-state index contributed by atoms with van der Waals surface area (Å²) in [5.41, 5.74) is 2.76. The van der Waals surface area contributed by atoms with Crippen LogP contribution in [0.5, 0.6) is 0 Å². The SMILES string of the molecule is Cc1cccc2c1cc1n2CCN(C2=Nc3c(F)cccc3C(CC(=O)O)N2c2cccc(C(F)(F)F)c2)C1. The number of rotatable bonds is 3. The lowest BCUT2D eigenvalue weighted by molar-refractivity contribution is -0.138. The van der Waals surface area contributed by atoms with Gasteiger partial charge in [-0.25, -0.2) is 9.38 Å². The first kappa shape index (κ1) is 25.0. The van der Waals surface area contributed by atoms with Crippen LogP contribution in [0.1, 0.15) is 34.8 Å². The van der Waals surface area contributed by atoms with Gasteiger partial charge in [0.2, 0.25) is 5.96 Å². The molecule has 0 spiro atoms. The number of aryl methyl sites for hydroxylation is 1. The average molecular weight is 537 g/mol. The van der Waals surface area contributed by atoms with E-state index in [0.717, 1.165) is 34.3 Å². The lowest BCUT2D eigenvalue weighted by atomic mass is 9.97. The molecule has 6 rings (SSSR count). The van der Waals surface area contributed by atoms with Gasteiger partial charge < -0.3 is 19.5 Å². The molecule has 0 bridgehead atoms. The van der Waals surface area contributed by atoms with Gasteiger partial charge in [-0.15, -0.1) is 0 Å². The highest BCUT2D eigenvalue weighted by Gasteiger charge is 2.39. The Kier molecular flexibility index (Phi) is 5.85. The fourth-order valence-electron chi connectivity index (χ4n) is 5.62. The van der Waals surface area contributed by atoms with E-state index in [1.165, 1.54) is 29.2 Å². The third-order valence-corrected chi connectivity index (χ3v) is 7.41. The molecule has 0 aliphatic carbocycles. The number of carbonyl (C=O) groups is 1. The second-order valence-corrected chi connectivity index (χ2v) is 9.84. The van der Waals surface area contributed by atoms with Crippen LogP contribution in [0, 0.1) is 12.7 Å². The first-order chi connectivity index (χ1) is 18.6. The van der Waals surface area contributed by atoms with Gasteiger partial charge in [-0.1, -0.05) is 30.3 Å². The van der Waals surface area contributed by atoms with Crippen molar-refractivity contribution >= 4 is 34.2 Å². The van der Waals surface area contributed by atoms with Crippen molar-refractivity contribution in [2.45, 2.75) is 38.7 Å². The third-order valence-electron chi connectivity index (χ3n) is 7.41. The zero-order valence-corrected chi connectivity index (χ0v) is 20.9. The number of hydrogen-bond acceptors (Lipinski definition) is 4. The number of benzene rings is 3. The van der Waals surface area contributed by atoms with E-state index in [2.05, 4.69) is 15.6 Å². The van der Waals surface area contributed by atoms with Gasteiger partial charge in [-0.2, -0.15) is 13.2 Å². The highest BCUT2D eigenvalue weighted by Crippen LogP contribution is 2.43. The number of carboxylic acid groups (broad SMARTS) is 1. The highest BCUT2D eigenvalue weighted by atomic mass is 19.4. The Bertz CT molecular complexity index is 1640. The van der Waals surface area contributed by atoms with E-state index in [0.29, 0.717) is 25.2 Å². The summed E-state index contributed by atoms with van der Waals surface area (Å²) >= 11 is 0. The number of carboxylic acids is 1. The van der Waals surface area contributed by atoms with Crippen LogP contribution in [-0.2, 0) is 24.1 Å². The van der Waals surface area contributed by atoms with Crippen LogP contribution in [0.15, 0.2) is 71.7 Å². The summed E-state index contributed by atoms with van der Waals surface area (Å²) in [6.07, 6.45) is -5.06. The number of halogens is 4. The molecule has 0 amide bonds. The Morgan fingerprint density at radius 3 is 2.59 bits per heavy atom. The van der Waals surface area contributed by atoms with Crippen molar-refractivity contribution in [3.8, 4) is 0 Å². The maximum absolute atomic E-state index is 15.1. The molecule has 1 N–H and O–H groups in total. The number of fused-ring (bicyclic) bond motifs is 4. The zero-order chi connectivity index (χ0) is 27.5. The van der Waals surface area contributed by atoms with E-state index in [1.54, 1.807) is 6.07 Å². The normalized spacial score (nSPS) is 17.2. The first-order valence-corrected chi connectivity index (χ1v) is 12.5. The van der Waals surface area contributed by atoms with Crippen LogP contribution in [-0.4, -0.2) is 33.0 Å².